The van der Waals surface area contributed by atoms with E-state index in [1.165, 1.54) is 17.3 Å². The highest BCUT2D eigenvalue weighted by Gasteiger charge is 2.21. The van der Waals surface area contributed by atoms with Crippen molar-refractivity contribution in [2.45, 2.75) is 40.2 Å². The second-order valence-electron chi connectivity index (χ2n) is 5.66. The lowest BCUT2D eigenvalue weighted by atomic mass is 10.1. The third kappa shape index (κ3) is 4.95. The van der Waals surface area contributed by atoms with Gasteiger partial charge in [0.05, 0.1) is 18.4 Å². The van der Waals surface area contributed by atoms with Gasteiger partial charge in [0.2, 0.25) is 5.91 Å². The maximum atomic E-state index is 12.2. The van der Waals surface area contributed by atoms with E-state index in [0.29, 0.717) is 6.54 Å². The number of aryl methyl sites for hydroxylation is 1. The molecule has 0 spiro atoms. The van der Waals surface area contributed by atoms with Gasteiger partial charge in [-0.3, -0.25) is 14.6 Å². The molecule has 0 aliphatic carbocycles. The topological polar surface area (TPSA) is 75.2 Å². The van der Waals surface area contributed by atoms with Crippen LogP contribution in [0.2, 0.25) is 0 Å². The Morgan fingerprint density at radius 3 is 2.35 bits per heavy atom. The van der Waals surface area contributed by atoms with Crippen LogP contribution in [-0.4, -0.2) is 45.3 Å². The molecule has 1 heterocycles. The molecule has 0 saturated heterocycles. The zero-order valence-electron chi connectivity index (χ0n) is 12.7. The normalized spacial score (nSPS) is 11.1. The first-order valence-corrected chi connectivity index (χ1v) is 6.62. The highest BCUT2D eigenvalue weighted by molar-refractivity contribution is 5.94. The zero-order chi connectivity index (χ0) is 15.3. The van der Waals surface area contributed by atoms with Gasteiger partial charge < -0.3 is 10.2 Å². The molecule has 110 valence electrons. The SMILES string of the molecule is CCN(CC(=O)NC(C)(C)C)C(=O)c1cnc(C)cn1. The second-order valence-corrected chi connectivity index (χ2v) is 5.66. The largest absolute Gasteiger partial charge is 0.350 e. The summed E-state index contributed by atoms with van der Waals surface area (Å²) in [6, 6.07) is 0. The smallest absolute Gasteiger partial charge is 0.274 e. The fraction of sp³-hybridized carbons (Fsp3) is 0.571. The molecule has 0 saturated carbocycles. The molecule has 1 aromatic heterocycles. The van der Waals surface area contributed by atoms with Crippen molar-refractivity contribution in [1.82, 2.24) is 20.2 Å². The van der Waals surface area contributed by atoms with E-state index >= 15 is 0 Å². The quantitative estimate of drug-likeness (QED) is 0.897. The van der Waals surface area contributed by atoms with Gasteiger partial charge in [0.25, 0.3) is 5.91 Å². The van der Waals surface area contributed by atoms with Crippen molar-refractivity contribution >= 4 is 11.8 Å². The van der Waals surface area contributed by atoms with Gasteiger partial charge in [0, 0.05) is 18.3 Å². The third-order valence-corrected chi connectivity index (χ3v) is 2.52. The predicted molar refractivity (Wildman–Crippen MR) is 76.2 cm³/mol. The van der Waals surface area contributed by atoms with Crippen molar-refractivity contribution in [3.63, 3.8) is 0 Å². The van der Waals surface area contributed by atoms with E-state index in [1.54, 1.807) is 6.92 Å². The lowest BCUT2D eigenvalue weighted by Crippen LogP contribution is -2.47. The van der Waals surface area contributed by atoms with Crippen LogP contribution >= 0.6 is 0 Å². The van der Waals surface area contributed by atoms with E-state index in [9.17, 15) is 9.59 Å². The summed E-state index contributed by atoms with van der Waals surface area (Å²) in [5.41, 5.74) is 0.680. The van der Waals surface area contributed by atoms with Gasteiger partial charge in [-0.2, -0.15) is 0 Å². The summed E-state index contributed by atoms with van der Waals surface area (Å²) in [6.45, 7) is 9.77. The van der Waals surface area contributed by atoms with Crippen LogP contribution < -0.4 is 5.32 Å². The van der Waals surface area contributed by atoms with E-state index in [2.05, 4.69) is 15.3 Å². The van der Waals surface area contributed by atoms with E-state index in [1.807, 2.05) is 27.7 Å². The van der Waals surface area contributed by atoms with E-state index in [4.69, 9.17) is 0 Å². The fourth-order valence-corrected chi connectivity index (χ4v) is 1.62. The number of hydrogen-bond donors (Lipinski definition) is 1. The fourth-order valence-electron chi connectivity index (χ4n) is 1.62. The summed E-state index contributed by atoms with van der Waals surface area (Å²) >= 11 is 0. The van der Waals surface area contributed by atoms with Gasteiger partial charge in [0.1, 0.15) is 5.69 Å². The monoisotopic (exact) mass is 278 g/mol. The molecule has 1 N–H and O–H groups in total. The Kier molecular flexibility index (Phi) is 5.19. The van der Waals surface area contributed by atoms with Crippen LogP contribution in [-0.2, 0) is 4.79 Å². The standard InChI is InChI=1S/C14H22N4O2/c1-6-18(9-12(19)17-14(3,4)5)13(20)11-8-15-10(2)7-16-11/h7-8H,6,9H2,1-5H3,(H,17,19). The lowest BCUT2D eigenvalue weighted by molar-refractivity contribution is -0.123. The van der Waals surface area contributed by atoms with E-state index < -0.39 is 0 Å². The number of hydrogen-bond acceptors (Lipinski definition) is 4. The lowest BCUT2D eigenvalue weighted by Gasteiger charge is -2.24. The van der Waals surface area contributed by atoms with Crippen LogP contribution in [0.4, 0.5) is 0 Å². The van der Waals surface area contributed by atoms with Gasteiger partial charge in [0.15, 0.2) is 0 Å². The summed E-state index contributed by atoms with van der Waals surface area (Å²) in [6.07, 6.45) is 2.97. The van der Waals surface area contributed by atoms with Gasteiger partial charge in [-0.15, -0.1) is 0 Å². The van der Waals surface area contributed by atoms with E-state index in [0.717, 1.165) is 5.69 Å². The van der Waals surface area contributed by atoms with Crippen molar-refractivity contribution in [1.29, 1.82) is 0 Å². The number of carbonyl (C=O) groups excluding carboxylic acids is 2. The van der Waals surface area contributed by atoms with Gasteiger partial charge in [-0.1, -0.05) is 0 Å². The molecule has 1 aromatic rings. The molecule has 0 atom stereocenters. The molecule has 20 heavy (non-hydrogen) atoms. The molecule has 0 aliphatic rings. The summed E-state index contributed by atoms with van der Waals surface area (Å²) < 4.78 is 0. The van der Waals surface area contributed by atoms with E-state index in [-0.39, 0.29) is 29.6 Å². The molecule has 1 rings (SSSR count). The second kappa shape index (κ2) is 6.45. The Labute approximate surface area is 119 Å². The molecule has 0 bridgehead atoms. The number of rotatable bonds is 4. The maximum Gasteiger partial charge on any atom is 0.274 e. The minimum atomic E-state index is -0.316. The molecule has 0 radical (unpaired) electrons. The van der Waals surface area contributed by atoms with Crippen LogP contribution in [0.5, 0.6) is 0 Å². The summed E-state index contributed by atoms with van der Waals surface area (Å²) in [4.78, 5) is 33.6. The van der Waals surface area contributed by atoms with Crippen LogP contribution in [0, 0.1) is 6.92 Å². The average Bonchev–Trinajstić information content (AvgIpc) is 2.34. The molecule has 0 unspecified atom stereocenters. The first-order chi connectivity index (χ1) is 9.23. The maximum absolute atomic E-state index is 12.2. The number of amides is 2. The number of aromatic nitrogens is 2. The van der Waals surface area contributed by atoms with Crippen molar-refractivity contribution in [2.75, 3.05) is 13.1 Å². The van der Waals surface area contributed by atoms with Gasteiger partial charge in [-0.05, 0) is 34.6 Å². The van der Waals surface area contributed by atoms with Crippen molar-refractivity contribution in [3.05, 3.63) is 23.8 Å². The molecule has 6 heteroatoms. The molecule has 0 aliphatic heterocycles. The Hall–Kier alpha value is -1.98. The zero-order valence-corrected chi connectivity index (χ0v) is 12.7. The van der Waals surface area contributed by atoms with Crippen LogP contribution in [0.1, 0.15) is 43.9 Å². The molecule has 2 amide bonds. The van der Waals surface area contributed by atoms with Crippen LogP contribution in [0.25, 0.3) is 0 Å². The van der Waals surface area contributed by atoms with Crippen molar-refractivity contribution in [3.8, 4) is 0 Å². The first-order valence-electron chi connectivity index (χ1n) is 6.62. The molecule has 0 fully saturated rings. The Bertz CT molecular complexity index is 477. The molecular weight excluding hydrogens is 256 g/mol. The highest BCUT2D eigenvalue weighted by Crippen LogP contribution is 2.03. The van der Waals surface area contributed by atoms with Crippen molar-refractivity contribution in [2.24, 2.45) is 0 Å². The number of nitrogens with zero attached hydrogens (tertiary/aromatic N) is 3. The van der Waals surface area contributed by atoms with Crippen LogP contribution in [0.3, 0.4) is 0 Å². The van der Waals surface area contributed by atoms with Gasteiger partial charge >= 0.3 is 0 Å². The summed E-state index contributed by atoms with van der Waals surface area (Å²) in [5.74, 6) is -0.475. The number of nitrogens with one attached hydrogen (secondary N) is 1. The Morgan fingerprint density at radius 2 is 1.90 bits per heavy atom. The highest BCUT2D eigenvalue weighted by atomic mass is 16.2. The molecular formula is C14H22N4O2. The van der Waals surface area contributed by atoms with Gasteiger partial charge in [-0.25, -0.2) is 4.98 Å². The molecule has 6 nitrogen and oxygen atoms in total. The first kappa shape index (κ1) is 16.1. The average molecular weight is 278 g/mol. The Morgan fingerprint density at radius 1 is 1.25 bits per heavy atom. The number of likely N-dealkylation sites (N-methyl/N-ethyl adjacent to an activating group) is 1. The minimum absolute atomic E-state index is 0.0160. The predicted octanol–water partition coefficient (Wildman–Crippen LogP) is 1.16. The molecule has 0 aromatic carbocycles. The third-order valence-electron chi connectivity index (χ3n) is 2.52. The van der Waals surface area contributed by atoms with Crippen LogP contribution in [0.15, 0.2) is 12.4 Å². The number of carbonyl (C=O) groups is 2. The van der Waals surface area contributed by atoms with Crippen molar-refractivity contribution < 1.29 is 9.59 Å². The summed E-state index contributed by atoms with van der Waals surface area (Å²) in [5, 5.41) is 2.83. The minimum Gasteiger partial charge on any atom is -0.350 e. The summed E-state index contributed by atoms with van der Waals surface area (Å²) in [7, 11) is 0. The Balaban J connectivity index is 2.73.